The lowest BCUT2D eigenvalue weighted by Gasteiger charge is -2.08. The fraction of sp³-hybridized carbons (Fsp3) is 0.818. The van der Waals surface area contributed by atoms with Crippen LogP contribution in [0.4, 0.5) is 0 Å². The summed E-state index contributed by atoms with van der Waals surface area (Å²) >= 11 is 1.51. The number of aromatic nitrogens is 2. The van der Waals surface area contributed by atoms with Crippen LogP contribution in [0.25, 0.3) is 0 Å². The van der Waals surface area contributed by atoms with E-state index >= 15 is 0 Å². The summed E-state index contributed by atoms with van der Waals surface area (Å²) < 4.78 is 5.53. The second-order valence-electron chi connectivity index (χ2n) is 4.50. The lowest BCUT2D eigenvalue weighted by atomic mass is 10.4. The van der Waals surface area contributed by atoms with E-state index in [0.717, 1.165) is 24.5 Å². The molecule has 0 spiro atoms. The van der Waals surface area contributed by atoms with Crippen LogP contribution in [-0.2, 0) is 6.54 Å². The highest BCUT2D eigenvalue weighted by Crippen LogP contribution is 2.17. The average molecular weight is 258 g/mol. The van der Waals surface area contributed by atoms with E-state index in [0.29, 0.717) is 17.8 Å². The second kappa shape index (κ2) is 7.58. The van der Waals surface area contributed by atoms with Gasteiger partial charge in [0, 0.05) is 12.6 Å². The van der Waals surface area contributed by atoms with Crippen LogP contribution in [0, 0.1) is 0 Å². The monoisotopic (exact) mass is 258 g/mol. The molecule has 5 nitrogen and oxygen atoms in total. The summed E-state index contributed by atoms with van der Waals surface area (Å²) in [5.41, 5.74) is 0. The summed E-state index contributed by atoms with van der Waals surface area (Å²) in [6.45, 7) is 6.71. The molecule has 0 atom stereocenters. The number of hydrogen-bond donors (Lipinski definition) is 1. The topological polar surface area (TPSA) is 50.3 Å². The van der Waals surface area contributed by atoms with Crippen LogP contribution in [0.15, 0.2) is 0 Å². The molecule has 0 bridgehead atoms. The fourth-order valence-electron chi connectivity index (χ4n) is 1.20. The summed E-state index contributed by atoms with van der Waals surface area (Å²) in [6, 6.07) is 0.461. The van der Waals surface area contributed by atoms with Crippen molar-refractivity contribution >= 4 is 11.3 Å². The summed E-state index contributed by atoms with van der Waals surface area (Å²) in [5.74, 6) is 0. The van der Waals surface area contributed by atoms with Crippen LogP contribution in [0.2, 0.25) is 0 Å². The Kier molecular flexibility index (Phi) is 6.39. The van der Waals surface area contributed by atoms with Gasteiger partial charge >= 0.3 is 0 Å². The molecule has 0 saturated heterocycles. The molecule has 1 aromatic rings. The van der Waals surface area contributed by atoms with Gasteiger partial charge in [-0.25, -0.2) is 0 Å². The number of nitrogens with one attached hydrogen (secondary N) is 1. The van der Waals surface area contributed by atoms with Crippen LogP contribution >= 0.6 is 11.3 Å². The van der Waals surface area contributed by atoms with Crippen LogP contribution in [0.1, 0.15) is 25.3 Å². The molecule has 17 heavy (non-hydrogen) atoms. The predicted octanol–water partition coefficient (Wildman–Crippen LogP) is 1.37. The summed E-state index contributed by atoms with van der Waals surface area (Å²) in [6.07, 6.45) is 1.01. The van der Waals surface area contributed by atoms with E-state index in [-0.39, 0.29) is 0 Å². The molecule has 98 valence electrons. The molecule has 0 fully saturated rings. The van der Waals surface area contributed by atoms with Crippen molar-refractivity contribution in [2.75, 3.05) is 27.2 Å². The smallest absolute Gasteiger partial charge is 0.294 e. The third-order valence-electron chi connectivity index (χ3n) is 2.09. The maximum atomic E-state index is 5.53. The highest BCUT2D eigenvalue weighted by Gasteiger charge is 2.05. The van der Waals surface area contributed by atoms with Gasteiger partial charge in [-0.1, -0.05) is 25.2 Å². The molecule has 0 aliphatic rings. The van der Waals surface area contributed by atoms with Crippen LogP contribution in [-0.4, -0.2) is 48.4 Å². The molecule has 0 aromatic carbocycles. The molecule has 1 heterocycles. The number of rotatable bonds is 8. The molecule has 1 N–H and O–H groups in total. The van der Waals surface area contributed by atoms with Gasteiger partial charge in [-0.15, -0.1) is 10.2 Å². The van der Waals surface area contributed by atoms with Gasteiger partial charge in [-0.3, -0.25) is 0 Å². The van der Waals surface area contributed by atoms with E-state index in [1.54, 1.807) is 0 Å². The van der Waals surface area contributed by atoms with Crippen molar-refractivity contribution in [3.63, 3.8) is 0 Å². The quantitative estimate of drug-likeness (QED) is 0.714. The molecule has 1 rings (SSSR count). The second-order valence-corrected chi connectivity index (χ2v) is 5.53. The third-order valence-corrected chi connectivity index (χ3v) is 2.92. The molecule has 0 unspecified atom stereocenters. The number of hydrogen-bond acceptors (Lipinski definition) is 6. The standard InChI is InChI=1S/C11H22N4OS/c1-9(2)12-8-10-13-14-11(17-10)16-7-5-6-15(3)4/h9,12H,5-8H2,1-4H3. The van der Waals surface area contributed by atoms with Crippen LogP contribution < -0.4 is 10.1 Å². The van der Waals surface area contributed by atoms with Crippen molar-refractivity contribution in [1.82, 2.24) is 20.4 Å². The molecule has 1 aromatic heterocycles. The first kappa shape index (κ1) is 14.3. The van der Waals surface area contributed by atoms with Crippen LogP contribution in [0.5, 0.6) is 5.19 Å². The Morgan fingerprint density at radius 1 is 1.35 bits per heavy atom. The molecular formula is C11H22N4OS. The Hall–Kier alpha value is -0.720. The van der Waals surface area contributed by atoms with Gasteiger partial charge in [0.25, 0.3) is 5.19 Å². The molecule has 0 radical (unpaired) electrons. The molecule has 0 aliphatic carbocycles. The Labute approximate surface area is 107 Å². The zero-order valence-electron chi connectivity index (χ0n) is 11.1. The maximum absolute atomic E-state index is 5.53. The van der Waals surface area contributed by atoms with Gasteiger partial charge in [0.1, 0.15) is 5.01 Å². The normalized spacial score (nSPS) is 11.4. The third kappa shape index (κ3) is 6.55. The van der Waals surface area contributed by atoms with Crippen molar-refractivity contribution in [3.05, 3.63) is 5.01 Å². The highest BCUT2D eigenvalue weighted by molar-refractivity contribution is 7.13. The van der Waals surface area contributed by atoms with Gasteiger partial charge in [-0.05, 0) is 20.5 Å². The molecule has 0 aliphatic heterocycles. The first-order chi connectivity index (χ1) is 8.08. The molecule has 0 saturated carbocycles. The minimum atomic E-state index is 0.461. The van der Waals surface area contributed by atoms with E-state index in [1.165, 1.54) is 11.3 Å². The van der Waals surface area contributed by atoms with Crippen molar-refractivity contribution in [1.29, 1.82) is 0 Å². The van der Waals surface area contributed by atoms with E-state index in [2.05, 4.69) is 48.4 Å². The van der Waals surface area contributed by atoms with Crippen molar-refractivity contribution < 1.29 is 4.74 Å². The van der Waals surface area contributed by atoms with Gasteiger partial charge in [0.05, 0.1) is 13.2 Å². The van der Waals surface area contributed by atoms with Gasteiger partial charge in [-0.2, -0.15) is 0 Å². The van der Waals surface area contributed by atoms with E-state index in [1.807, 2.05) is 0 Å². The Bertz CT molecular complexity index is 314. The van der Waals surface area contributed by atoms with Crippen molar-refractivity contribution in [2.24, 2.45) is 0 Å². The highest BCUT2D eigenvalue weighted by atomic mass is 32.1. The van der Waals surface area contributed by atoms with E-state index in [9.17, 15) is 0 Å². The van der Waals surface area contributed by atoms with Gasteiger partial charge in [0.15, 0.2) is 0 Å². The Morgan fingerprint density at radius 2 is 2.12 bits per heavy atom. The molecular weight excluding hydrogens is 236 g/mol. The zero-order chi connectivity index (χ0) is 12.7. The number of ether oxygens (including phenoxy) is 1. The molecule has 6 heteroatoms. The summed E-state index contributed by atoms with van der Waals surface area (Å²) in [4.78, 5) is 2.14. The van der Waals surface area contributed by atoms with Crippen molar-refractivity contribution in [2.45, 2.75) is 32.9 Å². The Balaban J connectivity index is 2.21. The average Bonchev–Trinajstić information content (AvgIpc) is 2.69. The van der Waals surface area contributed by atoms with Crippen LogP contribution in [0.3, 0.4) is 0 Å². The first-order valence-corrected chi connectivity index (χ1v) is 6.73. The number of nitrogens with zero attached hydrogens (tertiary/aromatic N) is 3. The summed E-state index contributed by atoms with van der Waals surface area (Å²) in [7, 11) is 4.11. The van der Waals surface area contributed by atoms with Gasteiger partial charge < -0.3 is 15.0 Å². The largest absolute Gasteiger partial charge is 0.469 e. The summed E-state index contributed by atoms with van der Waals surface area (Å²) in [5, 5.41) is 13.0. The van der Waals surface area contributed by atoms with Crippen molar-refractivity contribution in [3.8, 4) is 5.19 Å². The maximum Gasteiger partial charge on any atom is 0.294 e. The predicted molar refractivity (Wildman–Crippen MR) is 70.6 cm³/mol. The first-order valence-electron chi connectivity index (χ1n) is 5.91. The fourth-order valence-corrected chi connectivity index (χ4v) is 1.86. The Morgan fingerprint density at radius 3 is 2.76 bits per heavy atom. The SMILES string of the molecule is CC(C)NCc1nnc(OCCCN(C)C)s1. The lowest BCUT2D eigenvalue weighted by molar-refractivity contribution is 0.279. The zero-order valence-corrected chi connectivity index (χ0v) is 11.9. The minimum absolute atomic E-state index is 0.461. The molecule has 0 amide bonds. The van der Waals surface area contributed by atoms with E-state index < -0.39 is 0 Å². The van der Waals surface area contributed by atoms with E-state index in [4.69, 9.17) is 4.74 Å². The minimum Gasteiger partial charge on any atom is -0.469 e. The lowest BCUT2D eigenvalue weighted by Crippen LogP contribution is -2.21. The van der Waals surface area contributed by atoms with Gasteiger partial charge in [0.2, 0.25) is 0 Å².